The van der Waals surface area contributed by atoms with Gasteiger partial charge in [-0.05, 0) is 30.3 Å². The number of sulfonamides is 1. The molecule has 1 aliphatic rings. The fourth-order valence-corrected chi connectivity index (χ4v) is 5.07. The van der Waals surface area contributed by atoms with Gasteiger partial charge in [-0.1, -0.05) is 29.8 Å². The molecule has 2 aromatic rings. The number of amides is 1. The third-order valence-corrected chi connectivity index (χ3v) is 7.33. The lowest BCUT2D eigenvalue weighted by Gasteiger charge is -2.26. The third kappa shape index (κ3) is 5.24. The number of nitrogens with one attached hydrogen (secondary N) is 1. The number of benzene rings is 2. The summed E-state index contributed by atoms with van der Waals surface area (Å²) in [6.45, 7) is 1.42. The van der Waals surface area contributed by atoms with E-state index in [4.69, 9.17) is 16.3 Å². The first-order valence-electron chi connectivity index (χ1n) is 8.32. The molecule has 0 radical (unpaired) electrons. The van der Waals surface area contributed by atoms with Crippen LogP contribution in [-0.4, -0.2) is 50.7 Å². The summed E-state index contributed by atoms with van der Waals surface area (Å²) in [5.74, 6) is -0.0645. The zero-order chi connectivity index (χ0) is 19.3. The topological polar surface area (TPSA) is 75.7 Å². The summed E-state index contributed by atoms with van der Waals surface area (Å²) in [5, 5.41) is 3.33. The molecular formula is C18H19ClN2O4S2. The molecule has 1 amide bonds. The van der Waals surface area contributed by atoms with Crippen molar-refractivity contribution in [2.75, 3.05) is 37.4 Å². The van der Waals surface area contributed by atoms with Crippen molar-refractivity contribution in [2.24, 2.45) is 0 Å². The zero-order valence-electron chi connectivity index (χ0n) is 14.4. The van der Waals surface area contributed by atoms with Crippen LogP contribution in [0, 0.1) is 0 Å². The van der Waals surface area contributed by atoms with Crippen LogP contribution in [0.1, 0.15) is 0 Å². The largest absolute Gasteiger partial charge is 0.379 e. The standard InChI is InChI=1S/C18H19ClN2O4S2/c19-16-6-1-2-7-17(16)26-13-18(22)20-14-4-3-5-15(12-14)27(23,24)21-8-10-25-11-9-21/h1-7,12H,8-11,13H2,(H,20,22). The van der Waals surface area contributed by atoms with Gasteiger partial charge in [0.05, 0.1) is 28.9 Å². The molecule has 1 fully saturated rings. The van der Waals surface area contributed by atoms with Gasteiger partial charge in [0.25, 0.3) is 0 Å². The highest BCUT2D eigenvalue weighted by Crippen LogP contribution is 2.27. The van der Waals surface area contributed by atoms with Gasteiger partial charge in [-0.15, -0.1) is 11.8 Å². The molecule has 0 atom stereocenters. The van der Waals surface area contributed by atoms with E-state index in [1.54, 1.807) is 18.2 Å². The molecule has 3 rings (SSSR count). The molecule has 0 bridgehead atoms. The van der Waals surface area contributed by atoms with Crippen LogP contribution in [0.15, 0.2) is 58.3 Å². The Morgan fingerprint density at radius 3 is 2.63 bits per heavy atom. The minimum atomic E-state index is -3.60. The van der Waals surface area contributed by atoms with Crippen molar-refractivity contribution in [1.82, 2.24) is 4.31 Å². The van der Waals surface area contributed by atoms with Crippen LogP contribution in [0.5, 0.6) is 0 Å². The lowest BCUT2D eigenvalue weighted by molar-refractivity contribution is -0.113. The van der Waals surface area contributed by atoms with E-state index in [0.717, 1.165) is 4.90 Å². The second-order valence-electron chi connectivity index (χ2n) is 5.81. The molecule has 27 heavy (non-hydrogen) atoms. The maximum atomic E-state index is 12.7. The van der Waals surface area contributed by atoms with Crippen LogP contribution in [-0.2, 0) is 19.6 Å². The highest BCUT2D eigenvalue weighted by molar-refractivity contribution is 8.00. The lowest BCUT2D eigenvalue weighted by Crippen LogP contribution is -2.40. The van der Waals surface area contributed by atoms with E-state index in [2.05, 4.69) is 5.32 Å². The molecular weight excluding hydrogens is 408 g/mol. The molecule has 9 heteroatoms. The summed E-state index contributed by atoms with van der Waals surface area (Å²) in [6, 6.07) is 13.6. The highest BCUT2D eigenvalue weighted by Gasteiger charge is 2.26. The Balaban J connectivity index is 1.65. The molecule has 0 aliphatic carbocycles. The Morgan fingerprint density at radius 2 is 1.89 bits per heavy atom. The number of hydrogen-bond donors (Lipinski definition) is 1. The van der Waals surface area contributed by atoms with Crippen LogP contribution in [0.3, 0.4) is 0 Å². The van der Waals surface area contributed by atoms with Gasteiger partial charge >= 0.3 is 0 Å². The smallest absolute Gasteiger partial charge is 0.243 e. The quantitative estimate of drug-likeness (QED) is 0.718. The maximum Gasteiger partial charge on any atom is 0.243 e. The van der Waals surface area contributed by atoms with Crippen molar-refractivity contribution in [3.63, 3.8) is 0 Å². The first-order valence-corrected chi connectivity index (χ1v) is 11.1. The number of morpholine rings is 1. The second-order valence-corrected chi connectivity index (χ2v) is 9.17. The average Bonchev–Trinajstić information content (AvgIpc) is 2.68. The van der Waals surface area contributed by atoms with E-state index in [-0.39, 0.29) is 16.6 Å². The van der Waals surface area contributed by atoms with Gasteiger partial charge in [0.2, 0.25) is 15.9 Å². The molecule has 0 aromatic heterocycles. The van der Waals surface area contributed by atoms with E-state index in [9.17, 15) is 13.2 Å². The third-order valence-electron chi connectivity index (χ3n) is 3.92. The SMILES string of the molecule is O=C(CSc1ccccc1Cl)Nc1cccc(S(=O)(=O)N2CCOCC2)c1. The van der Waals surface area contributed by atoms with Crippen molar-refractivity contribution in [3.05, 3.63) is 53.6 Å². The first-order chi connectivity index (χ1) is 13.0. The van der Waals surface area contributed by atoms with E-state index in [1.807, 2.05) is 18.2 Å². The molecule has 0 spiro atoms. The Labute approximate surface area is 167 Å². The molecule has 1 saturated heterocycles. The van der Waals surface area contributed by atoms with Gasteiger partial charge in [0.15, 0.2) is 0 Å². The van der Waals surface area contributed by atoms with Gasteiger partial charge in [0.1, 0.15) is 0 Å². The van der Waals surface area contributed by atoms with Gasteiger partial charge in [-0.2, -0.15) is 4.31 Å². The number of carbonyl (C=O) groups excluding carboxylic acids is 1. The number of thioether (sulfide) groups is 1. The molecule has 0 unspecified atom stereocenters. The number of anilines is 1. The van der Waals surface area contributed by atoms with Crippen LogP contribution < -0.4 is 5.32 Å². The number of halogens is 1. The summed E-state index contributed by atoms with van der Waals surface area (Å²) < 4.78 is 32.0. The van der Waals surface area contributed by atoms with E-state index >= 15 is 0 Å². The molecule has 1 aliphatic heterocycles. The Kier molecular flexibility index (Phi) is 6.78. The number of hydrogen-bond acceptors (Lipinski definition) is 5. The van der Waals surface area contributed by atoms with Gasteiger partial charge < -0.3 is 10.1 Å². The van der Waals surface area contributed by atoms with E-state index < -0.39 is 10.0 Å². The fraction of sp³-hybridized carbons (Fsp3) is 0.278. The minimum Gasteiger partial charge on any atom is -0.379 e. The summed E-state index contributed by atoms with van der Waals surface area (Å²) in [7, 11) is -3.60. The zero-order valence-corrected chi connectivity index (χ0v) is 16.8. The van der Waals surface area contributed by atoms with Gasteiger partial charge in [-0.3, -0.25) is 4.79 Å². The summed E-state index contributed by atoms with van der Waals surface area (Å²) in [6.07, 6.45) is 0. The van der Waals surface area contributed by atoms with Crippen molar-refractivity contribution < 1.29 is 17.9 Å². The Bertz CT molecular complexity index is 915. The minimum absolute atomic E-state index is 0.154. The van der Waals surface area contributed by atoms with Gasteiger partial charge in [0, 0.05) is 23.7 Å². The summed E-state index contributed by atoms with van der Waals surface area (Å²) in [5.41, 5.74) is 0.439. The van der Waals surface area contributed by atoms with Crippen LogP contribution >= 0.6 is 23.4 Å². The van der Waals surface area contributed by atoms with E-state index in [1.165, 1.54) is 28.2 Å². The van der Waals surface area contributed by atoms with Crippen LogP contribution in [0.4, 0.5) is 5.69 Å². The number of ether oxygens (including phenoxy) is 1. The monoisotopic (exact) mass is 426 g/mol. The number of rotatable bonds is 6. The normalized spacial score (nSPS) is 15.4. The molecule has 2 aromatic carbocycles. The number of nitrogens with zero attached hydrogens (tertiary/aromatic N) is 1. The van der Waals surface area contributed by atoms with E-state index in [0.29, 0.717) is 37.0 Å². The summed E-state index contributed by atoms with van der Waals surface area (Å²) >= 11 is 7.40. The Morgan fingerprint density at radius 1 is 1.15 bits per heavy atom. The fourth-order valence-electron chi connectivity index (χ4n) is 2.57. The second kappa shape index (κ2) is 9.07. The molecule has 1 N–H and O–H groups in total. The number of carbonyl (C=O) groups is 1. The molecule has 1 heterocycles. The lowest BCUT2D eigenvalue weighted by atomic mass is 10.3. The van der Waals surface area contributed by atoms with Crippen molar-refractivity contribution in [3.8, 4) is 0 Å². The first kappa shape index (κ1) is 20.2. The summed E-state index contributed by atoms with van der Waals surface area (Å²) in [4.78, 5) is 13.2. The van der Waals surface area contributed by atoms with Gasteiger partial charge in [-0.25, -0.2) is 8.42 Å². The molecule has 144 valence electrons. The van der Waals surface area contributed by atoms with Crippen molar-refractivity contribution in [2.45, 2.75) is 9.79 Å². The molecule has 0 saturated carbocycles. The highest BCUT2D eigenvalue weighted by atomic mass is 35.5. The predicted molar refractivity (Wildman–Crippen MR) is 107 cm³/mol. The van der Waals surface area contributed by atoms with Crippen molar-refractivity contribution in [1.29, 1.82) is 0 Å². The molecule has 6 nitrogen and oxygen atoms in total. The maximum absolute atomic E-state index is 12.7. The van der Waals surface area contributed by atoms with Crippen molar-refractivity contribution >= 4 is 45.0 Å². The van der Waals surface area contributed by atoms with Crippen LogP contribution in [0.25, 0.3) is 0 Å². The predicted octanol–water partition coefficient (Wildman–Crippen LogP) is 3.09. The average molecular weight is 427 g/mol. The van der Waals surface area contributed by atoms with Crippen LogP contribution in [0.2, 0.25) is 5.02 Å². The Hall–Kier alpha value is -1.58.